The van der Waals surface area contributed by atoms with Crippen molar-refractivity contribution in [2.45, 2.75) is 19.4 Å². The summed E-state index contributed by atoms with van der Waals surface area (Å²) in [6.45, 7) is 2.16. The van der Waals surface area contributed by atoms with Crippen molar-refractivity contribution in [1.82, 2.24) is 15.3 Å². The summed E-state index contributed by atoms with van der Waals surface area (Å²) in [4.78, 5) is 8.54. The number of nitrogens with zero attached hydrogens (tertiary/aromatic N) is 2. The molecule has 2 aromatic heterocycles. The number of pyridine rings is 2. The lowest BCUT2D eigenvalue weighted by atomic mass is 9.92. The van der Waals surface area contributed by atoms with E-state index in [1.807, 2.05) is 31.8 Å². The molecule has 1 atom stereocenters. The second-order valence-corrected chi connectivity index (χ2v) is 5.09. The molecule has 3 nitrogen and oxygen atoms in total. The number of aryl methyl sites for hydroxylation is 1. The molecule has 0 saturated carbocycles. The first-order valence-corrected chi connectivity index (χ1v) is 7.27. The molecular weight excluding hydrogens is 258 g/mol. The molecular formula is C18H19N3. The lowest BCUT2D eigenvalue weighted by Gasteiger charge is -2.21. The average molecular weight is 277 g/mol. The van der Waals surface area contributed by atoms with Crippen LogP contribution in [0.2, 0.25) is 0 Å². The van der Waals surface area contributed by atoms with Gasteiger partial charge in [0.1, 0.15) is 0 Å². The SMILES string of the molecule is CCc1cnccc1C(NC)c1cccc2ccncc12. The number of rotatable bonds is 4. The molecule has 0 bridgehead atoms. The van der Waals surface area contributed by atoms with E-state index in [1.54, 1.807) is 0 Å². The third-order valence-electron chi connectivity index (χ3n) is 3.95. The summed E-state index contributed by atoms with van der Waals surface area (Å²) in [5.74, 6) is 0. The molecule has 21 heavy (non-hydrogen) atoms. The predicted molar refractivity (Wildman–Crippen MR) is 86.3 cm³/mol. The summed E-state index contributed by atoms with van der Waals surface area (Å²) in [5.41, 5.74) is 3.81. The zero-order chi connectivity index (χ0) is 14.7. The first-order chi connectivity index (χ1) is 10.3. The normalized spacial score (nSPS) is 12.5. The highest BCUT2D eigenvalue weighted by Crippen LogP contribution is 2.29. The molecule has 0 fully saturated rings. The number of fused-ring (bicyclic) bond motifs is 1. The first-order valence-electron chi connectivity index (χ1n) is 7.27. The first kappa shape index (κ1) is 13.7. The topological polar surface area (TPSA) is 37.8 Å². The second kappa shape index (κ2) is 6.02. The van der Waals surface area contributed by atoms with E-state index in [9.17, 15) is 0 Å². The minimum atomic E-state index is 0.149. The molecule has 0 aliphatic heterocycles. The van der Waals surface area contributed by atoms with Gasteiger partial charge in [0.2, 0.25) is 0 Å². The molecule has 0 saturated heterocycles. The van der Waals surface area contributed by atoms with Crippen LogP contribution in [0.1, 0.15) is 29.7 Å². The van der Waals surface area contributed by atoms with Crippen molar-refractivity contribution in [3.63, 3.8) is 0 Å². The minimum absolute atomic E-state index is 0.149. The molecule has 0 radical (unpaired) electrons. The van der Waals surface area contributed by atoms with Crippen LogP contribution in [0, 0.1) is 0 Å². The molecule has 2 heterocycles. The van der Waals surface area contributed by atoms with Gasteiger partial charge < -0.3 is 5.32 Å². The molecule has 0 amide bonds. The van der Waals surface area contributed by atoms with Crippen LogP contribution in [0.25, 0.3) is 10.8 Å². The van der Waals surface area contributed by atoms with E-state index in [0.717, 1.165) is 6.42 Å². The van der Waals surface area contributed by atoms with Gasteiger partial charge in [-0.15, -0.1) is 0 Å². The van der Waals surface area contributed by atoms with Crippen LogP contribution in [-0.2, 0) is 6.42 Å². The molecule has 1 unspecified atom stereocenters. The highest BCUT2D eigenvalue weighted by atomic mass is 14.9. The summed E-state index contributed by atoms with van der Waals surface area (Å²) in [5, 5.41) is 5.86. The van der Waals surface area contributed by atoms with E-state index in [0.29, 0.717) is 0 Å². The standard InChI is InChI=1S/C18H19N3/c1-3-13-11-20-10-8-15(13)18(19-2)16-6-4-5-14-7-9-21-12-17(14)16/h4-12,18-19H,3H2,1-2H3. The Labute approximate surface area is 125 Å². The zero-order valence-electron chi connectivity index (χ0n) is 12.4. The number of nitrogens with one attached hydrogen (secondary N) is 1. The maximum absolute atomic E-state index is 4.29. The van der Waals surface area contributed by atoms with Crippen molar-refractivity contribution >= 4 is 10.8 Å². The summed E-state index contributed by atoms with van der Waals surface area (Å²) >= 11 is 0. The largest absolute Gasteiger partial charge is 0.309 e. The lowest BCUT2D eigenvalue weighted by molar-refractivity contribution is 0.687. The van der Waals surface area contributed by atoms with Crippen molar-refractivity contribution < 1.29 is 0 Å². The lowest BCUT2D eigenvalue weighted by Crippen LogP contribution is -2.19. The monoisotopic (exact) mass is 277 g/mol. The zero-order valence-corrected chi connectivity index (χ0v) is 12.4. The van der Waals surface area contributed by atoms with Crippen molar-refractivity contribution in [2.24, 2.45) is 0 Å². The van der Waals surface area contributed by atoms with Crippen LogP contribution in [0.5, 0.6) is 0 Å². The van der Waals surface area contributed by atoms with E-state index in [4.69, 9.17) is 0 Å². The molecule has 0 aliphatic rings. The molecule has 106 valence electrons. The third-order valence-corrected chi connectivity index (χ3v) is 3.95. The fourth-order valence-corrected chi connectivity index (χ4v) is 2.88. The summed E-state index contributed by atoms with van der Waals surface area (Å²) in [6.07, 6.45) is 8.59. The van der Waals surface area contributed by atoms with Crippen LogP contribution in [-0.4, -0.2) is 17.0 Å². The third kappa shape index (κ3) is 2.52. The summed E-state index contributed by atoms with van der Waals surface area (Å²) in [6, 6.07) is 10.7. The van der Waals surface area contributed by atoms with E-state index in [-0.39, 0.29) is 6.04 Å². The Balaban J connectivity index is 2.19. The molecule has 3 aromatic rings. The van der Waals surface area contributed by atoms with Gasteiger partial charge in [-0.25, -0.2) is 0 Å². The van der Waals surface area contributed by atoms with Gasteiger partial charge in [-0.2, -0.15) is 0 Å². The van der Waals surface area contributed by atoms with E-state index < -0.39 is 0 Å². The van der Waals surface area contributed by atoms with Crippen molar-refractivity contribution in [1.29, 1.82) is 0 Å². The fourth-order valence-electron chi connectivity index (χ4n) is 2.88. The number of hydrogen-bond donors (Lipinski definition) is 1. The average Bonchev–Trinajstić information content (AvgIpc) is 2.56. The molecule has 0 aliphatic carbocycles. The fraction of sp³-hybridized carbons (Fsp3) is 0.222. The Morgan fingerprint density at radius 1 is 1.00 bits per heavy atom. The minimum Gasteiger partial charge on any atom is -0.309 e. The smallest absolute Gasteiger partial charge is 0.0584 e. The van der Waals surface area contributed by atoms with Gasteiger partial charge in [0, 0.05) is 30.2 Å². The van der Waals surface area contributed by atoms with Gasteiger partial charge in [-0.05, 0) is 47.7 Å². The Kier molecular flexibility index (Phi) is 3.93. The molecule has 3 heteroatoms. The predicted octanol–water partition coefficient (Wildman–Crippen LogP) is 3.50. The maximum Gasteiger partial charge on any atom is 0.0584 e. The Bertz CT molecular complexity index is 747. The number of aromatic nitrogens is 2. The van der Waals surface area contributed by atoms with Crippen LogP contribution >= 0.6 is 0 Å². The van der Waals surface area contributed by atoms with Crippen LogP contribution in [0.4, 0.5) is 0 Å². The van der Waals surface area contributed by atoms with E-state index in [2.05, 4.69) is 52.5 Å². The Hall–Kier alpha value is -2.26. The summed E-state index contributed by atoms with van der Waals surface area (Å²) in [7, 11) is 2.00. The summed E-state index contributed by atoms with van der Waals surface area (Å²) < 4.78 is 0. The highest BCUT2D eigenvalue weighted by molar-refractivity contribution is 5.85. The second-order valence-electron chi connectivity index (χ2n) is 5.09. The van der Waals surface area contributed by atoms with Gasteiger partial charge in [0.15, 0.2) is 0 Å². The van der Waals surface area contributed by atoms with Crippen LogP contribution in [0.15, 0.2) is 55.1 Å². The van der Waals surface area contributed by atoms with Gasteiger partial charge in [0.05, 0.1) is 6.04 Å². The van der Waals surface area contributed by atoms with E-state index in [1.165, 1.54) is 27.5 Å². The van der Waals surface area contributed by atoms with E-state index >= 15 is 0 Å². The maximum atomic E-state index is 4.29. The van der Waals surface area contributed by atoms with Crippen molar-refractivity contribution in [3.05, 3.63) is 71.8 Å². The highest BCUT2D eigenvalue weighted by Gasteiger charge is 2.17. The Morgan fingerprint density at radius 3 is 2.62 bits per heavy atom. The van der Waals surface area contributed by atoms with Gasteiger partial charge in [-0.3, -0.25) is 9.97 Å². The van der Waals surface area contributed by atoms with Crippen molar-refractivity contribution in [3.8, 4) is 0 Å². The van der Waals surface area contributed by atoms with Gasteiger partial charge >= 0.3 is 0 Å². The van der Waals surface area contributed by atoms with Crippen molar-refractivity contribution in [2.75, 3.05) is 7.05 Å². The van der Waals surface area contributed by atoms with Crippen LogP contribution < -0.4 is 5.32 Å². The van der Waals surface area contributed by atoms with Gasteiger partial charge in [-0.1, -0.05) is 25.1 Å². The van der Waals surface area contributed by atoms with Crippen LogP contribution in [0.3, 0.4) is 0 Å². The van der Waals surface area contributed by atoms with Gasteiger partial charge in [0.25, 0.3) is 0 Å². The molecule has 1 aromatic carbocycles. The molecule has 0 spiro atoms. The quantitative estimate of drug-likeness (QED) is 0.793. The molecule has 3 rings (SSSR count). The Morgan fingerprint density at radius 2 is 1.81 bits per heavy atom. The molecule has 1 N–H and O–H groups in total. The number of benzene rings is 1. The number of hydrogen-bond acceptors (Lipinski definition) is 3.